The molecule has 0 N–H and O–H groups in total. The van der Waals surface area contributed by atoms with Gasteiger partial charge in [-0.25, -0.2) is 0 Å². The number of ether oxygens (including phenoxy) is 2. The van der Waals surface area contributed by atoms with Crippen molar-refractivity contribution in [2.24, 2.45) is 0 Å². The number of pyridine rings is 1. The van der Waals surface area contributed by atoms with E-state index in [-0.39, 0.29) is 20.1 Å². The SMILES string of the molecule is CN(C)c1ccnc(-c2[c-]cc(Oc3ccccc3)cc2Oc2ccccc2)c1.[Ir]. The summed E-state index contributed by atoms with van der Waals surface area (Å²) in [6.45, 7) is 0. The number of rotatable bonds is 6. The van der Waals surface area contributed by atoms with Crippen molar-refractivity contribution in [3.8, 4) is 34.3 Å². The Kier molecular flexibility index (Phi) is 7.23. The third-order valence-corrected chi connectivity index (χ3v) is 4.34. The second kappa shape index (κ2) is 10.1. The molecule has 0 aliphatic heterocycles. The zero-order chi connectivity index (χ0) is 20.1. The molecule has 4 rings (SSSR count). The van der Waals surface area contributed by atoms with Crippen LogP contribution in [0.5, 0.6) is 23.0 Å². The van der Waals surface area contributed by atoms with Crippen molar-refractivity contribution in [3.05, 3.63) is 97.2 Å². The number of hydrogen-bond donors (Lipinski definition) is 0. The predicted octanol–water partition coefficient (Wildman–Crippen LogP) is 6.20. The summed E-state index contributed by atoms with van der Waals surface area (Å²) in [6.07, 6.45) is 1.79. The van der Waals surface area contributed by atoms with Crippen molar-refractivity contribution in [1.82, 2.24) is 4.98 Å². The fourth-order valence-corrected chi connectivity index (χ4v) is 2.87. The number of para-hydroxylation sites is 2. The summed E-state index contributed by atoms with van der Waals surface area (Å²) in [6, 6.07) is 30.3. The molecular formula is C25H21IrN2O2-. The van der Waals surface area contributed by atoms with E-state index in [9.17, 15) is 0 Å². The van der Waals surface area contributed by atoms with Crippen molar-refractivity contribution >= 4 is 5.69 Å². The minimum atomic E-state index is 0. The molecule has 4 nitrogen and oxygen atoms in total. The third kappa shape index (κ3) is 5.26. The van der Waals surface area contributed by atoms with Crippen LogP contribution in [0.15, 0.2) is 91.1 Å². The number of anilines is 1. The maximum atomic E-state index is 6.18. The summed E-state index contributed by atoms with van der Waals surface area (Å²) >= 11 is 0. The molecule has 5 heteroatoms. The second-order valence-corrected chi connectivity index (χ2v) is 6.70. The molecule has 0 aliphatic carbocycles. The molecule has 0 fully saturated rings. The maximum absolute atomic E-state index is 6.18. The molecule has 153 valence electrons. The van der Waals surface area contributed by atoms with E-state index in [1.54, 1.807) is 6.20 Å². The van der Waals surface area contributed by atoms with Gasteiger partial charge in [-0.05, 0) is 36.0 Å². The van der Waals surface area contributed by atoms with E-state index in [2.05, 4.69) is 11.1 Å². The van der Waals surface area contributed by atoms with Gasteiger partial charge in [-0.2, -0.15) is 0 Å². The van der Waals surface area contributed by atoms with Crippen LogP contribution in [0.2, 0.25) is 0 Å². The molecule has 30 heavy (non-hydrogen) atoms. The summed E-state index contributed by atoms with van der Waals surface area (Å²) in [7, 11) is 4.00. The fraction of sp³-hybridized carbons (Fsp3) is 0.0800. The third-order valence-electron chi connectivity index (χ3n) is 4.34. The van der Waals surface area contributed by atoms with Gasteiger partial charge in [0.15, 0.2) is 0 Å². The zero-order valence-electron chi connectivity index (χ0n) is 16.7. The first kappa shape index (κ1) is 21.6. The van der Waals surface area contributed by atoms with E-state index in [1.807, 2.05) is 104 Å². The number of hydrogen-bond acceptors (Lipinski definition) is 4. The summed E-state index contributed by atoms with van der Waals surface area (Å²) in [5.74, 6) is 2.78. The fourth-order valence-electron chi connectivity index (χ4n) is 2.87. The van der Waals surface area contributed by atoms with Crippen LogP contribution in [0.4, 0.5) is 5.69 Å². The van der Waals surface area contributed by atoms with Crippen LogP contribution >= 0.6 is 0 Å². The first-order chi connectivity index (χ1) is 14.2. The van der Waals surface area contributed by atoms with Crippen LogP contribution in [0, 0.1) is 6.07 Å². The van der Waals surface area contributed by atoms with Crippen LogP contribution in [0.1, 0.15) is 0 Å². The average molecular weight is 574 g/mol. The van der Waals surface area contributed by atoms with Gasteiger partial charge in [0.25, 0.3) is 0 Å². The number of aromatic nitrogens is 1. The topological polar surface area (TPSA) is 34.6 Å². The molecule has 4 aromatic rings. The van der Waals surface area contributed by atoms with Crippen molar-refractivity contribution in [1.29, 1.82) is 0 Å². The molecule has 0 atom stereocenters. The van der Waals surface area contributed by atoms with Gasteiger partial charge < -0.3 is 19.4 Å². The molecule has 0 saturated carbocycles. The van der Waals surface area contributed by atoms with Crippen LogP contribution in [-0.2, 0) is 20.1 Å². The molecule has 0 amide bonds. The molecule has 1 heterocycles. The van der Waals surface area contributed by atoms with Crippen LogP contribution in [0.3, 0.4) is 0 Å². The van der Waals surface area contributed by atoms with Crippen molar-refractivity contribution in [2.45, 2.75) is 0 Å². The van der Waals surface area contributed by atoms with Crippen LogP contribution < -0.4 is 14.4 Å². The Morgan fingerprint density at radius 1 is 0.767 bits per heavy atom. The number of benzene rings is 3. The predicted molar refractivity (Wildman–Crippen MR) is 116 cm³/mol. The zero-order valence-corrected chi connectivity index (χ0v) is 19.1. The van der Waals surface area contributed by atoms with Crippen molar-refractivity contribution in [2.75, 3.05) is 19.0 Å². The first-order valence-electron chi connectivity index (χ1n) is 9.34. The molecule has 0 saturated heterocycles. The molecule has 0 spiro atoms. The quantitative estimate of drug-likeness (QED) is 0.258. The minimum Gasteiger partial charge on any atom is -0.502 e. The van der Waals surface area contributed by atoms with Gasteiger partial charge in [-0.15, -0.1) is 12.1 Å². The van der Waals surface area contributed by atoms with Crippen LogP contribution in [-0.4, -0.2) is 19.1 Å². The smallest absolute Gasteiger partial charge is 0.114 e. The minimum absolute atomic E-state index is 0. The van der Waals surface area contributed by atoms with E-state index in [1.165, 1.54) is 0 Å². The van der Waals surface area contributed by atoms with E-state index < -0.39 is 0 Å². The summed E-state index contributed by atoms with van der Waals surface area (Å²) in [5.41, 5.74) is 2.62. The second-order valence-electron chi connectivity index (χ2n) is 6.70. The Bertz CT molecular complexity index is 1090. The summed E-state index contributed by atoms with van der Waals surface area (Å²) in [5, 5.41) is 0. The first-order valence-corrected chi connectivity index (χ1v) is 9.34. The Morgan fingerprint density at radius 2 is 1.40 bits per heavy atom. The summed E-state index contributed by atoms with van der Waals surface area (Å²) < 4.78 is 12.1. The van der Waals surface area contributed by atoms with Gasteiger partial charge in [-0.1, -0.05) is 54.1 Å². The van der Waals surface area contributed by atoms with Gasteiger partial charge in [-0.3, -0.25) is 0 Å². The van der Waals surface area contributed by atoms with E-state index in [4.69, 9.17) is 9.47 Å². The molecule has 1 radical (unpaired) electrons. The molecule has 0 aliphatic rings. The monoisotopic (exact) mass is 574 g/mol. The van der Waals surface area contributed by atoms with E-state index >= 15 is 0 Å². The molecule has 0 bridgehead atoms. The Morgan fingerprint density at radius 3 is 2.03 bits per heavy atom. The Labute approximate surface area is 190 Å². The van der Waals surface area contributed by atoms with Gasteiger partial charge in [0.1, 0.15) is 11.5 Å². The normalized spacial score (nSPS) is 10.1. The molecule has 0 unspecified atom stereocenters. The standard InChI is InChI=1S/C25H21N2O2.Ir/c1-27(2)19-15-16-26-24(17-19)23-14-13-22(28-20-9-5-3-6-10-20)18-25(23)29-21-11-7-4-8-12-21;/h3-13,15-18H,1-2H3;/q-1;. The Balaban J connectivity index is 0.00000256. The van der Waals surface area contributed by atoms with Crippen molar-refractivity contribution < 1.29 is 29.6 Å². The van der Waals surface area contributed by atoms with Gasteiger partial charge in [0, 0.05) is 57.6 Å². The van der Waals surface area contributed by atoms with Gasteiger partial charge in [0.05, 0.1) is 0 Å². The van der Waals surface area contributed by atoms with Crippen LogP contribution in [0.25, 0.3) is 11.3 Å². The van der Waals surface area contributed by atoms with Gasteiger partial charge in [0.2, 0.25) is 0 Å². The van der Waals surface area contributed by atoms with Crippen molar-refractivity contribution in [3.63, 3.8) is 0 Å². The average Bonchev–Trinajstić information content (AvgIpc) is 2.75. The maximum Gasteiger partial charge on any atom is 0.114 e. The number of nitrogens with zero attached hydrogens (tertiary/aromatic N) is 2. The molecule has 1 aromatic heterocycles. The Hall–Kier alpha value is -3.14. The van der Waals surface area contributed by atoms with Gasteiger partial charge >= 0.3 is 0 Å². The largest absolute Gasteiger partial charge is 0.502 e. The van der Waals surface area contributed by atoms with E-state index in [0.717, 1.165) is 28.4 Å². The molecule has 3 aromatic carbocycles. The van der Waals surface area contributed by atoms with E-state index in [0.29, 0.717) is 11.5 Å². The summed E-state index contributed by atoms with van der Waals surface area (Å²) in [4.78, 5) is 6.57. The molecular weight excluding hydrogens is 553 g/mol.